The van der Waals surface area contributed by atoms with Gasteiger partial charge in [-0.2, -0.15) is 0 Å². The Labute approximate surface area is 250 Å². The van der Waals surface area contributed by atoms with E-state index in [9.17, 15) is 18.8 Å². The normalized spacial score (nSPS) is 12.9. The molecule has 1 fully saturated rings. The number of nitrogens with zero attached hydrogens (tertiary/aromatic N) is 3. The van der Waals surface area contributed by atoms with Gasteiger partial charge in [0.2, 0.25) is 5.91 Å². The van der Waals surface area contributed by atoms with Gasteiger partial charge in [-0.15, -0.1) is 0 Å². The molecule has 0 radical (unpaired) electrons. The molecule has 43 heavy (non-hydrogen) atoms. The van der Waals surface area contributed by atoms with Gasteiger partial charge in [-0.3, -0.25) is 9.59 Å². The summed E-state index contributed by atoms with van der Waals surface area (Å²) in [6, 6.07) is 29.9. The Morgan fingerprint density at radius 3 is 2.14 bits per heavy atom. The fourth-order valence-corrected chi connectivity index (χ4v) is 5.00. The van der Waals surface area contributed by atoms with Gasteiger partial charge in [-0.05, 0) is 78.7 Å². The van der Waals surface area contributed by atoms with Crippen molar-refractivity contribution in [1.29, 1.82) is 0 Å². The molecule has 0 atom stereocenters. The monoisotopic (exact) mass is 579 g/mol. The summed E-state index contributed by atoms with van der Waals surface area (Å²) in [7, 11) is 0. The third-order valence-electron chi connectivity index (χ3n) is 7.28. The van der Waals surface area contributed by atoms with Gasteiger partial charge in [-0.25, -0.2) is 9.18 Å². The van der Waals surface area contributed by atoms with E-state index in [4.69, 9.17) is 0 Å². The lowest BCUT2D eigenvalue weighted by atomic mass is 10.1. The fourth-order valence-electron chi connectivity index (χ4n) is 5.00. The predicted molar refractivity (Wildman–Crippen MR) is 167 cm³/mol. The largest absolute Gasteiger partial charge is 0.368 e. The van der Waals surface area contributed by atoms with E-state index in [2.05, 4.69) is 15.5 Å². The number of carbonyl (C=O) groups excluding carboxylic acids is 3. The number of amides is 4. The highest BCUT2D eigenvalue weighted by atomic mass is 19.1. The molecule has 0 aliphatic carbocycles. The number of halogens is 1. The third kappa shape index (κ3) is 7.97. The Hall–Kier alpha value is -5.18. The Bertz CT molecular complexity index is 1550. The van der Waals surface area contributed by atoms with Gasteiger partial charge in [0.05, 0.1) is 0 Å². The Morgan fingerprint density at radius 1 is 0.767 bits per heavy atom. The van der Waals surface area contributed by atoms with Crippen LogP contribution in [-0.4, -0.2) is 60.4 Å². The zero-order valence-electron chi connectivity index (χ0n) is 24.0. The number of nitrogens with one attached hydrogen (secondary N) is 2. The van der Waals surface area contributed by atoms with Crippen molar-refractivity contribution >= 4 is 34.9 Å². The second-order valence-electron chi connectivity index (χ2n) is 10.5. The number of rotatable bonds is 8. The lowest BCUT2D eigenvalue weighted by molar-refractivity contribution is -0.117. The highest BCUT2D eigenvalue weighted by Crippen LogP contribution is 2.21. The van der Waals surface area contributed by atoms with Gasteiger partial charge in [0.25, 0.3) is 5.91 Å². The van der Waals surface area contributed by atoms with E-state index in [0.717, 1.165) is 22.5 Å². The first-order valence-electron chi connectivity index (χ1n) is 14.2. The number of aryl methyl sites for hydroxylation is 1. The van der Waals surface area contributed by atoms with Crippen molar-refractivity contribution in [2.75, 3.05) is 48.3 Å². The summed E-state index contributed by atoms with van der Waals surface area (Å²) in [5, 5.41) is 5.85. The smallest absolute Gasteiger partial charge is 0.321 e. The van der Waals surface area contributed by atoms with E-state index >= 15 is 0 Å². The molecule has 1 saturated heterocycles. The van der Waals surface area contributed by atoms with Crippen LogP contribution in [0.2, 0.25) is 0 Å². The maximum Gasteiger partial charge on any atom is 0.321 e. The molecule has 1 aliphatic rings. The number of anilines is 3. The second-order valence-corrected chi connectivity index (χ2v) is 10.5. The van der Waals surface area contributed by atoms with E-state index in [1.165, 1.54) is 29.2 Å². The highest BCUT2D eigenvalue weighted by molar-refractivity contribution is 5.99. The average molecular weight is 580 g/mol. The van der Waals surface area contributed by atoms with Crippen LogP contribution in [0.5, 0.6) is 0 Å². The van der Waals surface area contributed by atoms with Crippen LogP contribution in [0, 0.1) is 12.7 Å². The molecule has 4 aromatic carbocycles. The number of carbonyl (C=O) groups is 3. The van der Waals surface area contributed by atoms with Crippen molar-refractivity contribution in [3.63, 3.8) is 0 Å². The molecule has 0 unspecified atom stereocenters. The summed E-state index contributed by atoms with van der Waals surface area (Å²) in [5.41, 5.74) is 4.66. The minimum atomic E-state index is -0.433. The highest BCUT2D eigenvalue weighted by Gasteiger charge is 2.22. The SMILES string of the molecule is Cc1cccc(NC(=O)N2CCN(c3ccc(NC(=O)CN(Cc4ccccc4)C(=O)c4ccc(F)cc4)cc3)CC2)c1. The first kappa shape index (κ1) is 29.3. The van der Waals surface area contributed by atoms with Crippen molar-refractivity contribution in [1.82, 2.24) is 9.80 Å². The maximum atomic E-state index is 13.4. The standard InChI is InChI=1S/C34H34FN5O3/c1-25-6-5-9-30(22-25)37-34(43)39-20-18-38(19-21-39)31-16-14-29(15-17-31)36-32(41)24-40(23-26-7-3-2-4-8-26)33(42)27-10-12-28(35)13-11-27/h2-17,22H,18-21,23-24H2,1H3,(H,36,41)(H,37,43). The molecule has 5 rings (SSSR count). The van der Waals surface area contributed by atoms with Crippen LogP contribution >= 0.6 is 0 Å². The van der Waals surface area contributed by atoms with Crippen LogP contribution in [0.4, 0.5) is 26.2 Å². The quantitative estimate of drug-likeness (QED) is 0.278. The molecule has 4 amide bonds. The van der Waals surface area contributed by atoms with Crippen molar-refractivity contribution < 1.29 is 18.8 Å². The second kappa shape index (κ2) is 13.7. The predicted octanol–water partition coefficient (Wildman–Crippen LogP) is 5.77. The molecule has 0 aromatic heterocycles. The lowest BCUT2D eigenvalue weighted by Gasteiger charge is -2.36. The first-order chi connectivity index (χ1) is 20.8. The van der Waals surface area contributed by atoms with Gasteiger partial charge in [0, 0.05) is 55.3 Å². The van der Waals surface area contributed by atoms with Crippen molar-refractivity contribution in [2.45, 2.75) is 13.5 Å². The van der Waals surface area contributed by atoms with E-state index in [-0.39, 0.29) is 30.9 Å². The number of urea groups is 1. The fraction of sp³-hybridized carbons (Fsp3) is 0.206. The van der Waals surface area contributed by atoms with Gasteiger partial charge >= 0.3 is 6.03 Å². The van der Waals surface area contributed by atoms with Crippen molar-refractivity contribution in [2.24, 2.45) is 0 Å². The minimum Gasteiger partial charge on any atom is -0.368 e. The first-order valence-corrected chi connectivity index (χ1v) is 14.2. The minimum absolute atomic E-state index is 0.109. The Morgan fingerprint density at radius 2 is 1.47 bits per heavy atom. The van der Waals surface area contributed by atoms with E-state index in [0.29, 0.717) is 37.4 Å². The molecule has 0 spiro atoms. The summed E-state index contributed by atoms with van der Waals surface area (Å²) in [5.74, 6) is -1.13. The summed E-state index contributed by atoms with van der Waals surface area (Å²) in [6.07, 6.45) is 0. The molecule has 0 bridgehead atoms. The molecule has 9 heteroatoms. The van der Waals surface area contributed by atoms with Gasteiger partial charge < -0.3 is 25.3 Å². The zero-order chi connectivity index (χ0) is 30.2. The average Bonchev–Trinajstić information content (AvgIpc) is 3.02. The molecule has 0 saturated carbocycles. The molecular formula is C34H34FN5O3. The third-order valence-corrected chi connectivity index (χ3v) is 7.28. The van der Waals surface area contributed by atoms with Crippen LogP contribution in [0.3, 0.4) is 0 Å². The van der Waals surface area contributed by atoms with Crippen LogP contribution in [0.25, 0.3) is 0 Å². The topological polar surface area (TPSA) is 85.0 Å². The van der Waals surface area contributed by atoms with Crippen LogP contribution in [0.15, 0.2) is 103 Å². The summed E-state index contributed by atoms with van der Waals surface area (Å²) < 4.78 is 13.4. The molecule has 8 nitrogen and oxygen atoms in total. The zero-order valence-corrected chi connectivity index (χ0v) is 24.0. The molecule has 1 heterocycles. The van der Waals surface area contributed by atoms with Crippen molar-refractivity contribution in [3.05, 3.63) is 126 Å². The Kier molecular flexibility index (Phi) is 9.31. The maximum absolute atomic E-state index is 13.4. The summed E-state index contributed by atoms with van der Waals surface area (Å²) >= 11 is 0. The molecule has 2 N–H and O–H groups in total. The Balaban J connectivity index is 1.16. The van der Waals surface area contributed by atoms with Gasteiger partial charge in [0.1, 0.15) is 12.4 Å². The molecule has 4 aromatic rings. The van der Waals surface area contributed by atoms with Crippen LogP contribution in [-0.2, 0) is 11.3 Å². The molecular weight excluding hydrogens is 545 g/mol. The molecule has 1 aliphatic heterocycles. The van der Waals surface area contributed by atoms with Crippen LogP contribution in [0.1, 0.15) is 21.5 Å². The van der Waals surface area contributed by atoms with E-state index < -0.39 is 5.82 Å². The van der Waals surface area contributed by atoms with Gasteiger partial charge in [0.15, 0.2) is 0 Å². The number of hydrogen-bond donors (Lipinski definition) is 2. The van der Waals surface area contributed by atoms with Gasteiger partial charge in [-0.1, -0.05) is 42.5 Å². The van der Waals surface area contributed by atoms with Crippen LogP contribution < -0.4 is 15.5 Å². The molecule has 220 valence electrons. The summed E-state index contributed by atoms with van der Waals surface area (Å²) in [6.45, 7) is 4.62. The lowest BCUT2D eigenvalue weighted by Crippen LogP contribution is -2.50. The van der Waals surface area contributed by atoms with E-state index in [1.54, 1.807) is 0 Å². The summed E-state index contributed by atoms with van der Waals surface area (Å²) in [4.78, 5) is 44.4. The van der Waals surface area contributed by atoms with E-state index in [1.807, 2.05) is 90.7 Å². The number of hydrogen-bond acceptors (Lipinski definition) is 4. The van der Waals surface area contributed by atoms with Crippen molar-refractivity contribution in [3.8, 4) is 0 Å². The number of benzene rings is 4. The number of piperazine rings is 1.